The Labute approximate surface area is 107 Å². The third-order valence-corrected chi connectivity index (χ3v) is 3.64. The normalized spacial score (nSPS) is 14.6. The summed E-state index contributed by atoms with van der Waals surface area (Å²) in [6.07, 6.45) is -0.854. The van der Waals surface area contributed by atoms with Gasteiger partial charge in [-0.25, -0.2) is 8.42 Å². The van der Waals surface area contributed by atoms with Crippen LogP contribution in [0.15, 0.2) is 0 Å². The number of hydrogen-bond donors (Lipinski definition) is 2. The average Bonchev–Trinajstić information content (AvgIpc) is 1.97. The van der Waals surface area contributed by atoms with Crippen molar-refractivity contribution < 1.29 is 52.7 Å². The van der Waals surface area contributed by atoms with Gasteiger partial charge in [-0.2, -0.15) is 0 Å². The van der Waals surface area contributed by atoms with E-state index in [1.165, 1.54) is 13.8 Å². The van der Waals surface area contributed by atoms with E-state index in [9.17, 15) is 18.1 Å². The number of rotatable bonds is 5. The maximum absolute atomic E-state index is 10.7. The van der Waals surface area contributed by atoms with Crippen molar-refractivity contribution in [1.82, 2.24) is 0 Å². The molecule has 1 unspecified atom stereocenters. The molecule has 0 amide bonds. The Morgan fingerprint density at radius 2 is 1.86 bits per heavy atom. The quantitative estimate of drug-likeness (QED) is 0.379. The van der Waals surface area contributed by atoms with Crippen LogP contribution in [0.1, 0.15) is 26.7 Å². The van der Waals surface area contributed by atoms with Gasteiger partial charge in [-0.1, -0.05) is 0 Å². The van der Waals surface area contributed by atoms with Gasteiger partial charge in [0, 0.05) is 6.61 Å². The van der Waals surface area contributed by atoms with E-state index in [0.717, 1.165) is 0 Å². The molecule has 0 aliphatic heterocycles. The molecule has 5 nitrogen and oxygen atoms in total. The van der Waals surface area contributed by atoms with Crippen LogP contribution < -0.4 is 29.6 Å². The molecule has 0 radical (unpaired) electrons. The second-order valence-corrected chi connectivity index (χ2v) is 5.40. The molecule has 14 heavy (non-hydrogen) atoms. The molecule has 0 aliphatic rings. The molecule has 0 fully saturated rings. The van der Waals surface area contributed by atoms with E-state index in [2.05, 4.69) is 0 Å². The summed E-state index contributed by atoms with van der Waals surface area (Å²) in [5.41, 5.74) is 0. The Hall–Kier alpha value is 0.830. The summed E-state index contributed by atoms with van der Waals surface area (Å²) in [6.45, 7) is 2.22. The molecule has 0 aromatic rings. The molecule has 1 atom stereocenters. The Bertz CT molecular complexity index is 249. The zero-order valence-electron chi connectivity index (χ0n) is 8.73. The third kappa shape index (κ3) is 4.57. The van der Waals surface area contributed by atoms with Crippen LogP contribution in [-0.4, -0.2) is 40.6 Å². The Kier molecular flexibility index (Phi) is 7.90. The first-order valence-corrected chi connectivity index (χ1v) is 5.38. The van der Waals surface area contributed by atoms with Gasteiger partial charge in [0.2, 0.25) is 0 Å². The SMILES string of the molecule is CC(C)(C(O)CCCO)S(=O)(=O)[O-].[Na+]. The van der Waals surface area contributed by atoms with Crippen molar-refractivity contribution in [2.45, 2.75) is 37.5 Å². The molecule has 0 heterocycles. The molecular weight excluding hydrogens is 219 g/mol. The van der Waals surface area contributed by atoms with Gasteiger partial charge in [0.15, 0.2) is 0 Å². The van der Waals surface area contributed by atoms with Crippen molar-refractivity contribution in [1.29, 1.82) is 0 Å². The van der Waals surface area contributed by atoms with Gasteiger partial charge in [0.05, 0.1) is 10.9 Å². The van der Waals surface area contributed by atoms with Gasteiger partial charge in [-0.05, 0) is 26.7 Å². The van der Waals surface area contributed by atoms with E-state index in [4.69, 9.17) is 5.11 Å². The maximum Gasteiger partial charge on any atom is 1.00 e. The molecule has 7 heteroatoms. The van der Waals surface area contributed by atoms with Crippen molar-refractivity contribution in [2.24, 2.45) is 0 Å². The average molecular weight is 234 g/mol. The zero-order chi connectivity index (χ0) is 10.7. The van der Waals surface area contributed by atoms with E-state index in [0.29, 0.717) is 0 Å². The van der Waals surface area contributed by atoms with Crippen LogP contribution in [0.5, 0.6) is 0 Å². The van der Waals surface area contributed by atoms with Crippen LogP contribution >= 0.6 is 0 Å². The molecule has 0 rings (SSSR count). The van der Waals surface area contributed by atoms with Crippen molar-refractivity contribution in [3.8, 4) is 0 Å². The van der Waals surface area contributed by atoms with Crippen LogP contribution in [0.25, 0.3) is 0 Å². The van der Waals surface area contributed by atoms with Gasteiger partial charge < -0.3 is 14.8 Å². The van der Waals surface area contributed by atoms with Gasteiger partial charge in [0.1, 0.15) is 10.1 Å². The molecule has 0 aromatic heterocycles. The van der Waals surface area contributed by atoms with Gasteiger partial charge in [-0.15, -0.1) is 0 Å². The minimum absolute atomic E-state index is 0. The van der Waals surface area contributed by atoms with Gasteiger partial charge in [-0.3, -0.25) is 0 Å². The smallest absolute Gasteiger partial charge is 0.747 e. The molecule has 0 aliphatic carbocycles. The predicted molar refractivity (Wildman–Crippen MR) is 46.1 cm³/mol. The number of aliphatic hydroxyl groups excluding tert-OH is 2. The Morgan fingerprint density at radius 3 is 2.14 bits per heavy atom. The van der Waals surface area contributed by atoms with Crippen molar-refractivity contribution in [3.63, 3.8) is 0 Å². The fourth-order valence-corrected chi connectivity index (χ4v) is 1.25. The summed E-state index contributed by atoms with van der Waals surface area (Å²) >= 11 is 0. The third-order valence-electron chi connectivity index (χ3n) is 2.08. The molecule has 0 aromatic carbocycles. The van der Waals surface area contributed by atoms with Gasteiger partial charge in [0.25, 0.3) is 0 Å². The van der Waals surface area contributed by atoms with Crippen LogP contribution in [0.2, 0.25) is 0 Å². The summed E-state index contributed by atoms with van der Waals surface area (Å²) in [7, 11) is -4.51. The number of hydrogen-bond acceptors (Lipinski definition) is 5. The molecule has 0 spiro atoms. The van der Waals surface area contributed by atoms with E-state index < -0.39 is 21.0 Å². The largest absolute Gasteiger partial charge is 1.00 e. The maximum atomic E-state index is 10.7. The summed E-state index contributed by atoms with van der Waals surface area (Å²) < 4.78 is 30.3. The van der Waals surface area contributed by atoms with Crippen molar-refractivity contribution >= 4 is 10.1 Å². The Balaban J connectivity index is 0. The topological polar surface area (TPSA) is 97.7 Å². The van der Waals surface area contributed by atoms with Crippen LogP contribution in [0.4, 0.5) is 0 Å². The molecular formula is C7H15NaO5S. The number of aliphatic hydroxyl groups is 2. The first-order chi connectivity index (χ1) is 5.73. The second-order valence-electron chi connectivity index (χ2n) is 3.44. The van der Waals surface area contributed by atoms with Crippen LogP contribution in [0, 0.1) is 0 Å². The molecule has 80 valence electrons. The summed E-state index contributed by atoms with van der Waals surface area (Å²) in [5.74, 6) is 0. The monoisotopic (exact) mass is 234 g/mol. The first kappa shape index (κ1) is 17.2. The minimum atomic E-state index is -4.51. The molecule has 0 saturated carbocycles. The van der Waals surface area contributed by atoms with Gasteiger partial charge >= 0.3 is 29.6 Å². The van der Waals surface area contributed by atoms with E-state index in [1.807, 2.05) is 0 Å². The zero-order valence-corrected chi connectivity index (χ0v) is 11.5. The van der Waals surface area contributed by atoms with E-state index in [-0.39, 0.29) is 49.0 Å². The fourth-order valence-electron chi connectivity index (χ4n) is 0.799. The fraction of sp³-hybridized carbons (Fsp3) is 1.00. The molecule has 2 N–H and O–H groups in total. The van der Waals surface area contributed by atoms with Crippen molar-refractivity contribution in [3.05, 3.63) is 0 Å². The standard InChI is InChI=1S/C7H16O5S.Na/c1-7(2,13(10,11)12)6(9)4-3-5-8;/h6,8-9H,3-5H2,1-2H3,(H,10,11,12);/q;+1/p-1. The summed E-state index contributed by atoms with van der Waals surface area (Å²) in [4.78, 5) is 0. The first-order valence-electron chi connectivity index (χ1n) is 3.98. The Morgan fingerprint density at radius 1 is 1.43 bits per heavy atom. The second kappa shape index (κ2) is 6.42. The predicted octanol–water partition coefficient (Wildman–Crippen LogP) is -3.55. The van der Waals surface area contributed by atoms with E-state index in [1.54, 1.807) is 0 Å². The molecule has 0 saturated heterocycles. The summed E-state index contributed by atoms with van der Waals surface area (Å²) in [5, 5.41) is 17.8. The van der Waals surface area contributed by atoms with Crippen molar-refractivity contribution in [2.75, 3.05) is 6.61 Å². The van der Waals surface area contributed by atoms with Crippen LogP contribution in [-0.2, 0) is 10.1 Å². The van der Waals surface area contributed by atoms with E-state index >= 15 is 0 Å². The minimum Gasteiger partial charge on any atom is -0.747 e. The van der Waals surface area contributed by atoms with Crippen LogP contribution in [0.3, 0.4) is 0 Å². The molecule has 0 bridgehead atoms. The summed E-state index contributed by atoms with van der Waals surface area (Å²) in [6, 6.07) is 0.